The van der Waals surface area contributed by atoms with Crippen molar-refractivity contribution < 1.29 is 14.3 Å². The Balaban J connectivity index is 1.82. The van der Waals surface area contributed by atoms with Gasteiger partial charge in [0.2, 0.25) is 0 Å². The first-order valence-corrected chi connectivity index (χ1v) is 6.92. The fourth-order valence-corrected chi connectivity index (χ4v) is 2.96. The zero-order valence-corrected chi connectivity index (χ0v) is 11.1. The van der Waals surface area contributed by atoms with E-state index < -0.39 is 0 Å². The van der Waals surface area contributed by atoms with Gasteiger partial charge < -0.3 is 14.8 Å². The molecule has 4 nitrogen and oxygen atoms in total. The third kappa shape index (κ3) is 2.32. The van der Waals surface area contributed by atoms with E-state index in [4.69, 9.17) is 9.47 Å². The highest BCUT2D eigenvalue weighted by Gasteiger charge is 2.35. The fraction of sp³-hybridized carbons (Fsp3) is 0.533. The van der Waals surface area contributed by atoms with Crippen molar-refractivity contribution >= 4 is 5.97 Å². The van der Waals surface area contributed by atoms with Crippen LogP contribution in [0.3, 0.4) is 0 Å². The Hall–Kier alpha value is -1.55. The topological polar surface area (TPSA) is 47.6 Å². The van der Waals surface area contributed by atoms with Gasteiger partial charge in [-0.3, -0.25) is 4.79 Å². The summed E-state index contributed by atoms with van der Waals surface area (Å²) in [5, 5.41) is 3.30. The Morgan fingerprint density at radius 2 is 2.37 bits per heavy atom. The zero-order chi connectivity index (χ0) is 13.2. The maximum Gasteiger partial charge on any atom is 0.310 e. The molecule has 2 aliphatic heterocycles. The molecule has 0 aromatic heterocycles. The molecule has 0 saturated carbocycles. The van der Waals surface area contributed by atoms with Crippen LogP contribution in [0.2, 0.25) is 0 Å². The number of rotatable bonds is 3. The van der Waals surface area contributed by atoms with E-state index >= 15 is 0 Å². The molecule has 0 aliphatic carbocycles. The van der Waals surface area contributed by atoms with E-state index in [0.29, 0.717) is 13.2 Å². The van der Waals surface area contributed by atoms with E-state index in [2.05, 4.69) is 17.4 Å². The molecule has 0 radical (unpaired) electrons. The molecule has 1 saturated heterocycles. The highest BCUT2D eigenvalue weighted by Crippen LogP contribution is 2.33. The first kappa shape index (κ1) is 12.5. The highest BCUT2D eigenvalue weighted by atomic mass is 16.5. The molecule has 19 heavy (non-hydrogen) atoms. The molecule has 4 heteroatoms. The Morgan fingerprint density at radius 1 is 1.47 bits per heavy atom. The van der Waals surface area contributed by atoms with Gasteiger partial charge in [0.15, 0.2) is 0 Å². The van der Waals surface area contributed by atoms with E-state index in [1.54, 1.807) is 0 Å². The Morgan fingerprint density at radius 3 is 3.21 bits per heavy atom. The van der Waals surface area contributed by atoms with Crippen LogP contribution in [0.5, 0.6) is 5.75 Å². The lowest BCUT2D eigenvalue weighted by atomic mass is 9.88. The van der Waals surface area contributed by atoms with E-state index in [9.17, 15) is 4.79 Å². The Labute approximate surface area is 113 Å². The minimum absolute atomic E-state index is 0.0691. The van der Waals surface area contributed by atoms with Crippen molar-refractivity contribution in [3.8, 4) is 5.75 Å². The normalized spacial score (nSPS) is 24.9. The number of fused-ring (bicyclic) bond motifs is 1. The van der Waals surface area contributed by atoms with Crippen molar-refractivity contribution in [2.75, 3.05) is 26.3 Å². The minimum Gasteiger partial charge on any atom is -0.493 e. The van der Waals surface area contributed by atoms with Crippen LogP contribution in [0.25, 0.3) is 0 Å². The van der Waals surface area contributed by atoms with E-state index in [1.165, 1.54) is 11.1 Å². The number of carbonyl (C=O) groups is 1. The van der Waals surface area contributed by atoms with Gasteiger partial charge in [-0.15, -0.1) is 0 Å². The zero-order valence-electron chi connectivity index (χ0n) is 11.1. The van der Waals surface area contributed by atoms with Gasteiger partial charge in [0.25, 0.3) is 0 Å². The quantitative estimate of drug-likeness (QED) is 0.837. The predicted octanol–water partition coefficient (Wildman–Crippen LogP) is 1.49. The third-order valence-electron chi connectivity index (χ3n) is 3.95. The van der Waals surface area contributed by atoms with E-state index in [1.807, 2.05) is 13.0 Å². The van der Waals surface area contributed by atoms with Crippen LogP contribution in [0, 0.1) is 5.92 Å². The van der Waals surface area contributed by atoms with Gasteiger partial charge >= 0.3 is 5.97 Å². The average molecular weight is 261 g/mol. The van der Waals surface area contributed by atoms with Crippen molar-refractivity contribution in [3.63, 3.8) is 0 Å². The molecule has 0 amide bonds. The molecular formula is C15H19NO3. The third-order valence-corrected chi connectivity index (χ3v) is 3.95. The lowest BCUT2D eigenvalue weighted by Gasteiger charge is -2.18. The molecule has 1 aromatic rings. The van der Waals surface area contributed by atoms with Crippen LogP contribution in [0.1, 0.15) is 24.0 Å². The van der Waals surface area contributed by atoms with E-state index in [-0.39, 0.29) is 17.8 Å². The molecule has 1 aromatic carbocycles. The standard InChI is InChI=1S/C15H19NO3/c1-2-18-15(17)13-9-16-8-12(13)10-3-4-14-11(7-10)5-6-19-14/h3-4,7,12-13,16H,2,5-6,8-9H2,1H3. The minimum atomic E-state index is -0.0887. The summed E-state index contributed by atoms with van der Waals surface area (Å²) in [6, 6.07) is 6.29. The van der Waals surface area contributed by atoms with Crippen LogP contribution in [-0.4, -0.2) is 32.3 Å². The van der Waals surface area contributed by atoms with Gasteiger partial charge in [-0.25, -0.2) is 0 Å². The summed E-state index contributed by atoms with van der Waals surface area (Å²) in [4.78, 5) is 12.0. The van der Waals surface area contributed by atoms with Crippen molar-refractivity contribution in [2.45, 2.75) is 19.3 Å². The van der Waals surface area contributed by atoms with Gasteiger partial charge in [-0.1, -0.05) is 12.1 Å². The van der Waals surface area contributed by atoms with Gasteiger partial charge in [0.05, 0.1) is 19.1 Å². The summed E-state index contributed by atoms with van der Waals surface area (Å²) >= 11 is 0. The summed E-state index contributed by atoms with van der Waals surface area (Å²) in [5.74, 6) is 1.04. The highest BCUT2D eigenvalue weighted by molar-refractivity contribution is 5.74. The molecule has 2 atom stereocenters. The number of nitrogens with one attached hydrogen (secondary N) is 1. The van der Waals surface area contributed by atoms with E-state index in [0.717, 1.165) is 25.3 Å². The molecule has 102 valence electrons. The van der Waals surface area contributed by atoms with Gasteiger partial charge in [-0.2, -0.15) is 0 Å². The summed E-state index contributed by atoms with van der Waals surface area (Å²) in [6.45, 7) is 4.60. The number of benzene rings is 1. The van der Waals surface area contributed by atoms with Gasteiger partial charge in [0.1, 0.15) is 5.75 Å². The SMILES string of the molecule is CCOC(=O)C1CNCC1c1ccc2c(c1)CCO2. The van der Waals surface area contributed by atoms with Crippen molar-refractivity contribution in [2.24, 2.45) is 5.92 Å². The fourth-order valence-electron chi connectivity index (χ4n) is 2.96. The second-order valence-electron chi connectivity index (χ2n) is 5.09. The van der Waals surface area contributed by atoms with Crippen molar-refractivity contribution in [1.82, 2.24) is 5.32 Å². The second kappa shape index (κ2) is 5.21. The average Bonchev–Trinajstić information content (AvgIpc) is 3.07. The first-order chi connectivity index (χ1) is 9.29. The molecule has 3 rings (SSSR count). The number of esters is 1. The monoisotopic (exact) mass is 261 g/mol. The molecule has 1 fully saturated rings. The van der Waals surface area contributed by atoms with Crippen LogP contribution >= 0.6 is 0 Å². The molecule has 0 spiro atoms. The first-order valence-electron chi connectivity index (χ1n) is 6.92. The lowest BCUT2D eigenvalue weighted by Crippen LogP contribution is -2.24. The molecular weight excluding hydrogens is 242 g/mol. The van der Waals surface area contributed by atoms with Crippen LogP contribution in [-0.2, 0) is 16.0 Å². The van der Waals surface area contributed by atoms with Crippen LogP contribution < -0.4 is 10.1 Å². The lowest BCUT2D eigenvalue weighted by molar-refractivity contribution is -0.147. The van der Waals surface area contributed by atoms with Crippen molar-refractivity contribution in [3.05, 3.63) is 29.3 Å². The molecule has 2 unspecified atom stereocenters. The predicted molar refractivity (Wildman–Crippen MR) is 71.4 cm³/mol. The van der Waals surface area contributed by atoms with Crippen LogP contribution in [0.15, 0.2) is 18.2 Å². The molecule has 1 N–H and O–H groups in total. The van der Waals surface area contributed by atoms with Gasteiger partial charge in [-0.05, 0) is 24.1 Å². The summed E-state index contributed by atoms with van der Waals surface area (Å²) < 4.78 is 10.7. The summed E-state index contributed by atoms with van der Waals surface area (Å²) in [7, 11) is 0. The number of hydrogen-bond acceptors (Lipinski definition) is 4. The summed E-state index contributed by atoms with van der Waals surface area (Å²) in [6.07, 6.45) is 0.966. The number of ether oxygens (including phenoxy) is 2. The Bertz CT molecular complexity index is 486. The summed E-state index contributed by atoms with van der Waals surface area (Å²) in [5.41, 5.74) is 2.47. The molecule has 2 aliphatic rings. The maximum atomic E-state index is 12.0. The van der Waals surface area contributed by atoms with Crippen molar-refractivity contribution in [1.29, 1.82) is 0 Å². The van der Waals surface area contributed by atoms with Gasteiger partial charge in [0, 0.05) is 25.4 Å². The largest absolute Gasteiger partial charge is 0.493 e. The maximum absolute atomic E-state index is 12.0. The molecule has 0 bridgehead atoms. The number of hydrogen-bond donors (Lipinski definition) is 1. The second-order valence-corrected chi connectivity index (χ2v) is 5.09. The molecule has 2 heterocycles. The van der Waals surface area contributed by atoms with Crippen LogP contribution in [0.4, 0.5) is 0 Å². The smallest absolute Gasteiger partial charge is 0.310 e. The number of carbonyl (C=O) groups excluding carboxylic acids is 1. The Kier molecular flexibility index (Phi) is 3.42.